The van der Waals surface area contributed by atoms with Crippen LogP contribution >= 0.6 is 11.3 Å². The van der Waals surface area contributed by atoms with Crippen molar-refractivity contribution in [1.29, 1.82) is 0 Å². The molecular formula is C13H14N4O3S. The molecule has 0 aliphatic heterocycles. The molecule has 7 nitrogen and oxygen atoms in total. The Hall–Kier alpha value is -2.22. The summed E-state index contributed by atoms with van der Waals surface area (Å²) in [4.78, 5) is 26.6. The third kappa shape index (κ3) is 3.27. The second-order valence-corrected chi connectivity index (χ2v) is 5.86. The molecule has 3 N–H and O–H groups in total. The van der Waals surface area contributed by atoms with Gasteiger partial charge in [-0.3, -0.25) is 9.89 Å². The van der Waals surface area contributed by atoms with E-state index in [0.717, 1.165) is 18.5 Å². The molecule has 0 saturated heterocycles. The highest BCUT2D eigenvalue weighted by atomic mass is 32.1. The smallest absolute Gasteiger partial charge is 0.355 e. The predicted molar refractivity (Wildman–Crippen MR) is 75.7 cm³/mol. The molecule has 21 heavy (non-hydrogen) atoms. The summed E-state index contributed by atoms with van der Waals surface area (Å²) in [6.45, 7) is 0.400. The van der Waals surface area contributed by atoms with E-state index in [4.69, 9.17) is 5.11 Å². The van der Waals surface area contributed by atoms with Crippen molar-refractivity contribution in [3.8, 4) is 0 Å². The van der Waals surface area contributed by atoms with Crippen LogP contribution < -0.4 is 5.32 Å². The fourth-order valence-corrected chi connectivity index (χ4v) is 2.73. The van der Waals surface area contributed by atoms with Crippen LogP contribution in [0.25, 0.3) is 0 Å². The summed E-state index contributed by atoms with van der Waals surface area (Å²) >= 11 is 1.28. The number of carboxylic acids is 1. The molecule has 2 heterocycles. The summed E-state index contributed by atoms with van der Waals surface area (Å²) in [6, 6.07) is 1.79. The van der Waals surface area contributed by atoms with E-state index in [2.05, 4.69) is 20.5 Å². The first kappa shape index (κ1) is 13.7. The molecular weight excluding hydrogens is 292 g/mol. The van der Waals surface area contributed by atoms with Gasteiger partial charge in [0.05, 0.1) is 5.01 Å². The van der Waals surface area contributed by atoms with Crippen LogP contribution in [0.1, 0.15) is 50.4 Å². The van der Waals surface area contributed by atoms with Crippen LogP contribution in [-0.2, 0) is 6.42 Å². The standard InChI is InChI=1S/C13H14N4O3S/c18-12(9-5-8(16-17-9)7-1-2-7)14-4-3-11-15-10(6-21-11)13(19)20/h5-7H,1-4H2,(H,14,18)(H,16,17)(H,19,20). The van der Waals surface area contributed by atoms with Crippen molar-refractivity contribution < 1.29 is 14.7 Å². The number of carboxylic acid groups (broad SMARTS) is 1. The molecule has 0 unspecified atom stereocenters. The van der Waals surface area contributed by atoms with Gasteiger partial charge < -0.3 is 10.4 Å². The predicted octanol–water partition coefficient (Wildman–Crippen LogP) is 1.41. The van der Waals surface area contributed by atoms with Gasteiger partial charge in [-0.15, -0.1) is 11.3 Å². The number of aromatic carboxylic acids is 1. The molecule has 2 aromatic heterocycles. The molecule has 1 fully saturated rings. The quantitative estimate of drug-likeness (QED) is 0.748. The van der Waals surface area contributed by atoms with Crippen molar-refractivity contribution in [1.82, 2.24) is 20.5 Å². The summed E-state index contributed by atoms with van der Waals surface area (Å²) in [5, 5.41) is 20.6. The number of thiazole rings is 1. The molecule has 3 rings (SSSR count). The van der Waals surface area contributed by atoms with Gasteiger partial charge in [0.15, 0.2) is 5.69 Å². The van der Waals surface area contributed by atoms with Gasteiger partial charge in [-0.2, -0.15) is 5.10 Å². The number of amides is 1. The highest BCUT2D eigenvalue weighted by Crippen LogP contribution is 2.38. The third-order valence-electron chi connectivity index (χ3n) is 3.24. The number of nitrogens with one attached hydrogen (secondary N) is 2. The zero-order valence-electron chi connectivity index (χ0n) is 11.1. The highest BCUT2D eigenvalue weighted by molar-refractivity contribution is 7.09. The maximum atomic E-state index is 11.9. The Morgan fingerprint density at radius 2 is 2.24 bits per heavy atom. The van der Waals surface area contributed by atoms with Gasteiger partial charge in [-0.1, -0.05) is 0 Å². The van der Waals surface area contributed by atoms with Gasteiger partial charge in [-0.05, 0) is 18.9 Å². The van der Waals surface area contributed by atoms with Crippen molar-refractivity contribution >= 4 is 23.2 Å². The Balaban J connectivity index is 1.49. The number of H-pyrrole nitrogens is 1. The number of hydrogen-bond acceptors (Lipinski definition) is 5. The maximum Gasteiger partial charge on any atom is 0.355 e. The minimum absolute atomic E-state index is 0.0442. The zero-order valence-corrected chi connectivity index (χ0v) is 11.9. The summed E-state index contributed by atoms with van der Waals surface area (Å²) in [5.74, 6) is -0.734. The number of hydrogen-bond donors (Lipinski definition) is 3. The molecule has 0 radical (unpaired) electrons. The van der Waals surface area contributed by atoms with Crippen LogP contribution in [0.2, 0.25) is 0 Å². The topological polar surface area (TPSA) is 108 Å². The highest BCUT2D eigenvalue weighted by Gasteiger charge is 2.26. The lowest BCUT2D eigenvalue weighted by Crippen LogP contribution is -2.26. The first-order valence-corrected chi connectivity index (χ1v) is 7.52. The molecule has 0 atom stereocenters. The lowest BCUT2D eigenvalue weighted by Gasteiger charge is -2.00. The Morgan fingerprint density at radius 3 is 2.90 bits per heavy atom. The van der Waals surface area contributed by atoms with Crippen molar-refractivity contribution in [2.24, 2.45) is 0 Å². The fraction of sp³-hybridized carbons (Fsp3) is 0.385. The van der Waals surface area contributed by atoms with Crippen molar-refractivity contribution in [3.05, 3.63) is 33.5 Å². The van der Waals surface area contributed by atoms with E-state index >= 15 is 0 Å². The summed E-state index contributed by atoms with van der Waals surface area (Å²) in [5.41, 5.74) is 1.45. The largest absolute Gasteiger partial charge is 0.476 e. The second-order valence-electron chi connectivity index (χ2n) is 4.92. The Kier molecular flexibility index (Phi) is 3.70. The number of nitrogens with zero attached hydrogens (tertiary/aromatic N) is 2. The van der Waals surface area contributed by atoms with Gasteiger partial charge in [0.25, 0.3) is 5.91 Å². The number of aromatic amines is 1. The Bertz CT molecular complexity index is 675. The lowest BCUT2D eigenvalue weighted by atomic mass is 10.2. The Morgan fingerprint density at radius 1 is 1.43 bits per heavy atom. The molecule has 1 aliphatic carbocycles. The lowest BCUT2D eigenvalue weighted by molar-refractivity contribution is 0.0690. The van der Waals surface area contributed by atoms with Gasteiger partial charge >= 0.3 is 5.97 Å². The number of rotatable bonds is 6. The van der Waals surface area contributed by atoms with Crippen LogP contribution in [0.5, 0.6) is 0 Å². The maximum absolute atomic E-state index is 11.9. The minimum Gasteiger partial charge on any atom is -0.476 e. The monoisotopic (exact) mass is 306 g/mol. The van der Waals surface area contributed by atoms with Crippen molar-refractivity contribution in [3.63, 3.8) is 0 Å². The van der Waals surface area contributed by atoms with E-state index in [9.17, 15) is 9.59 Å². The van der Waals surface area contributed by atoms with E-state index in [-0.39, 0.29) is 11.6 Å². The molecule has 1 aliphatic rings. The van der Waals surface area contributed by atoms with Crippen LogP contribution in [0.3, 0.4) is 0 Å². The number of aromatic nitrogens is 3. The molecule has 2 aromatic rings. The molecule has 1 saturated carbocycles. The summed E-state index contributed by atoms with van der Waals surface area (Å²) in [6.07, 6.45) is 2.81. The average Bonchev–Trinajstić information content (AvgIpc) is 3.01. The number of carbonyl (C=O) groups is 2. The van der Waals surface area contributed by atoms with Crippen molar-refractivity contribution in [2.75, 3.05) is 6.54 Å². The van der Waals surface area contributed by atoms with Gasteiger partial charge in [0, 0.05) is 30.0 Å². The van der Waals surface area contributed by atoms with E-state index in [1.807, 2.05) is 0 Å². The zero-order chi connectivity index (χ0) is 14.8. The second kappa shape index (κ2) is 5.65. The fourth-order valence-electron chi connectivity index (χ4n) is 1.95. The SMILES string of the molecule is O=C(O)c1csc(CCNC(=O)c2cc(C3CC3)[nH]n2)n1. The van der Waals surface area contributed by atoms with E-state index in [1.54, 1.807) is 6.07 Å². The van der Waals surface area contributed by atoms with E-state index in [1.165, 1.54) is 16.7 Å². The first-order chi connectivity index (χ1) is 10.1. The van der Waals surface area contributed by atoms with E-state index in [0.29, 0.717) is 29.6 Å². The van der Waals surface area contributed by atoms with Crippen molar-refractivity contribution in [2.45, 2.75) is 25.2 Å². The van der Waals surface area contributed by atoms with Gasteiger partial charge in [-0.25, -0.2) is 9.78 Å². The first-order valence-electron chi connectivity index (χ1n) is 6.64. The average molecular weight is 306 g/mol. The minimum atomic E-state index is -1.04. The van der Waals surface area contributed by atoms with Crippen LogP contribution in [0.4, 0.5) is 0 Å². The van der Waals surface area contributed by atoms with Crippen LogP contribution in [0, 0.1) is 0 Å². The molecule has 0 bridgehead atoms. The third-order valence-corrected chi connectivity index (χ3v) is 4.15. The molecule has 8 heteroatoms. The summed E-state index contributed by atoms with van der Waals surface area (Å²) < 4.78 is 0. The molecule has 1 amide bonds. The molecule has 110 valence electrons. The number of carbonyl (C=O) groups excluding carboxylic acids is 1. The Labute approximate surface area is 124 Å². The normalized spacial score (nSPS) is 14.1. The molecule has 0 aromatic carbocycles. The van der Waals surface area contributed by atoms with Crippen LogP contribution in [-0.4, -0.2) is 38.7 Å². The van der Waals surface area contributed by atoms with Gasteiger partial charge in [0.1, 0.15) is 5.69 Å². The van der Waals surface area contributed by atoms with Gasteiger partial charge in [0.2, 0.25) is 0 Å². The summed E-state index contributed by atoms with van der Waals surface area (Å²) in [7, 11) is 0. The van der Waals surface area contributed by atoms with E-state index < -0.39 is 5.97 Å². The van der Waals surface area contributed by atoms with Crippen LogP contribution in [0.15, 0.2) is 11.4 Å². The molecule has 0 spiro atoms.